The van der Waals surface area contributed by atoms with Crippen LogP contribution in [-0.4, -0.2) is 66.1 Å². The molecule has 0 heterocycles. The summed E-state index contributed by atoms with van der Waals surface area (Å²) >= 11 is 0. The van der Waals surface area contributed by atoms with Gasteiger partial charge in [0.15, 0.2) is 0 Å². The second kappa shape index (κ2) is 7.61. The Balaban J connectivity index is 2.63. The molecule has 1 unspecified atom stereocenters. The highest BCUT2D eigenvalue weighted by molar-refractivity contribution is 5.86. The number of ether oxygens (including phenoxy) is 1. The van der Waals surface area contributed by atoms with Gasteiger partial charge in [0.2, 0.25) is 0 Å². The molecule has 0 saturated heterocycles. The van der Waals surface area contributed by atoms with Crippen LogP contribution in [0.4, 0.5) is 4.79 Å². The molecule has 1 saturated carbocycles. The van der Waals surface area contributed by atoms with E-state index in [1.165, 1.54) is 19.1 Å². The number of carboxylic acids is 1. The van der Waals surface area contributed by atoms with Gasteiger partial charge in [-0.25, -0.2) is 9.59 Å². The minimum Gasteiger partial charge on any atom is -0.480 e. The van der Waals surface area contributed by atoms with Crippen molar-refractivity contribution >= 4 is 12.0 Å². The van der Waals surface area contributed by atoms with Gasteiger partial charge >= 0.3 is 12.0 Å². The lowest BCUT2D eigenvalue weighted by Crippen LogP contribution is -2.59. The van der Waals surface area contributed by atoms with Gasteiger partial charge in [-0.05, 0) is 31.6 Å². The maximum absolute atomic E-state index is 12.1. The largest absolute Gasteiger partial charge is 0.480 e. The van der Waals surface area contributed by atoms with Crippen molar-refractivity contribution in [1.82, 2.24) is 10.2 Å². The lowest BCUT2D eigenvalue weighted by molar-refractivity contribution is -0.146. The van der Waals surface area contributed by atoms with Gasteiger partial charge in [-0.2, -0.15) is 0 Å². The molecule has 1 aliphatic carbocycles. The predicted octanol–water partition coefficient (Wildman–Crippen LogP) is 0.669. The highest BCUT2D eigenvalue weighted by Gasteiger charge is 2.43. The Hall–Kier alpha value is -1.34. The van der Waals surface area contributed by atoms with E-state index in [9.17, 15) is 19.8 Å². The Morgan fingerprint density at radius 2 is 2.00 bits per heavy atom. The van der Waals surface area contributed by atoms with Gasteiger partial charge in [-0.3, -0.25) is 0 Å². The molecule has 1 atom stereocenters. The maximum Gasteiger partial charge on any atom is 0.329 e. The number of hydrogen-bond acceptors (Lipinski definition) is 4. The highest BCUT2D eigenvalue weighted by Crippen LogP contribution is 2.32. The number of methoxy groups -OCH3 is 1. The van der Waals surface area contributed by atoms with E-state index >= 15 is 0 Å². The van der Waals surface area contributed by atoms with Crippen molar-refractivity contribution in [3.63, 3.8) is 0 Å². The number of aliphatic carboxylic acids is 1. The molecule has 1 aliphatic rings. The summed E-state index contributed by atoms with van der Waals surface area (Å²) in [5.74, 6) is -0.510. The fraction of sp³-hybridized carbons (Fsp3) is 0.857. The number of carboxylic acid groups (broad SMARTS) is 1. The summed E-state index contributed by atoms with van der Waals surface area (Å²) in [6.45, 7) is 2.30. The average Bonchev–Trinajstić information content (AvgIpc) is 2.41. The molecule has 0 aromatic carbocycles. The summed E-state index contributed by atoms with van der Waals surface area (Å²) in [5.41, 5.74) is -1.19. The zero-order valence-electron chi connectivity index (χ0n) is 13.0. The van der Waals surface area contributed by atoms with Crippen LogP contribution in [0.1, 0.15) is 32.6 Å². The second-order valence-electron chi connectivity index (χ2n) is 5.99. The van der Waals surface area contributed by atoms with Crippen molar-refractivity contribution in [2.24, 2.45) is 5.92 Å². The molecule has 7 nitrogen and oxygen atoms in total. The maximum atomic E-state index is 12.1. The molecule has 0 aliphatic heterocycles. The molecular formula is C14H26N2O5. The van der Waals surface area contributed by atoms with Crippen LogP contribution in [0, 0.1) is 5.92 Å². The van der Waals surface area contributed by atoms with Gasteiger partial charge in [-0.1, -0.05) is 6.92 Å². The summed E-state index contributed by atoms with van der Waals surface area (Å²) in [6.07, 6.45) is 1.64. The van der Waals surface area contributed by atoms with Gasteiger partial charge in [0.05, 0.1) is 19.3 Å². The number of amides is 2. The fourth-order valence-corrected chi connectivity index (χ4v) is 2.59. The van der Waals surface area contributed by atoms with Gasteiger partial charge in [-0.15, -0.1) is 0 Å². The van der Waals surface area contributed by atoms with Crippen LogP contribution in [0.15, 0.2) is 0 Å². The first-order valence-electron chi connectivity index (χ1n) is 7.24. The first-order chi connectivity index (χ1) is 9.80. The molecule has 1 rings (SSSR count). The van der Waals surface area contributed by atoms with Crippen LogP contribution >= 0.6 is 0 Å². The van der Waals surface area contributed by atoms with E-state index in [1.807, 2.05) is 0 Å². The minimum atomic E-state index is -1.19. The molecule has 0 spiro atoms. The van der Waals surface area contributed by atoms with Crippen LogP contribution in [0.5, 0.6) is 0 Å². The third-order valence-corrected chi connectivity index (χ3v) is 4.07. The van der Waals surface area contributed by atoms with Crippen molar-refractivity contribution < 1.29 is 24.5 Å². The summed E-state index contributed by atoms with van der Waals surface area (Å²) in [4.78, 5) is 25.0. The second-order valence-corrected chi connectivity index (χ2v) is 5.99. The van der Waals surface area contributed by atoms with Gasteiger partial charge in [0, 0.05) is 14.2 Å². The Kier molecular flexibility index (Phi) is 6.42. The number of carbonyl (C=O) groups excluding carboxylic acids is 1. The van der Waals surface area contributed by atoms with Gasteiger partial charge in [0.1, 0.15) is 5.54 Å². The number of rotatable bonds is 6. The lowest BCUT2D eigenvalue weighted by Gasteiger charge is -2.37. The number of nitrogens with zero attached hydrogens (tertiary/aromatic N) is 1. The van der Waals surface area contributed by atoms with E-state index in [2.05, 4.69) is 12.2 Å². The Morgan fingerprint density at radius 3 is 2.48 bits per heavy atom. The van der Waals surface area contributed by atoms with Crippen molar-refractivity contribution in [2.45, 2.75) is 44.2 Å². The van der Waals surface area contributed by atoms with E-state index in [0.29, 0.717) is 18.8 Å². The smallest absolute Gasteiger partial charge is 0.329 e. The van der Waals surface area contributed by atoms with Crippen LogP contribution in [0.2, 0.25) is 0 Å². The van der Waals surface area contributed by atoms with Crippen LogP contribution in [0.3, 0.4) is 0 Å². The third-order valence-electron chi connectivity index (χ3n) is 4.07. The summed E-state index contributed by atoms with van der Waals surface area (Å²) in [7, 11) is 2.99. The number of nitrogens with one attached hydrogen (secondary N) is 1. The lowest BCUT2D eigenvalue weighted by atomic mass is 9.77. The van der Waals surface area contributed by atoms with E-state index in [-0.39, 0.29) is 13.2 Å². The van der Waals surface area contributed by atoms with Crippen LogP contribution in [0.25, 0.3) is 0 Å². The normalized spacial score (nSPS) is 27.0. The van der Waals surface area contributed by atoms with Crippen LogP contribution in [-0.2, 0) is 9.53 Å². The fourth-order valence-electron chi connectivity index (χ4n) is 2.59. The SMILES string of the molecule is COCC(O)CN(C)C(=O)NC1(C(=O)O)CCC(C)CC1. The molecule has 1 fully saturated rings. The molecule has 0 bridgehead atoms. The number of aliphatic hydroxyl groups is 1. The standard InChI is InChI=1S/C14H26N2O5/c1-10-4-6-14(7-5-10,12(18)19)15-13(20)16(2)8-11(17)9-21-3/h10-11,17H,4-9H2,1-3H3,(H,15,20)(H,18,19). The van der Waals surface area contributed by atoms with Gasteiger partial charge < -0.3 is 25.2 Å². The molecular weight excluding hydrogens is 276 g/mol. The molecule has 7 heteroatoms. The minimum absolute atomic E-state index is 0.0891. The quantitative estimate of drug-likeness (QED) is 0.669. The van der Waals surface area contributed by atoms with E-state index in [1.54, 1.807) is 0 Å². The zero-order chi connectivity index (χ0) is 16.0. The van der Waals surface area contributed by atoms with Crippen LogP contribution < -0.4 is 5.32 Å². The molecule has 2 amide bonds. The number of urea groups is 1. The average molecular weight is 302 g/mol. The monoisotopic (exact) mass is 302 g/mol. The first kappa shape index (κ1) is 17.7. The number of aliphatic hydroxyl groups excluding tert-OH is 1. The number of likely N-dealkylation sites (N-methyl/N-ethyl adjacent to an activating group) is 1. The number of carbonyl (C=O) groups is 2. The molecule has 21 heavy (non-hydrogen) atoms. The molecule has 0 radical (unpaired) electrons. The molecule has 122 valence electrons. The third kappa shape index (κ3) is 4.86. The predicted molar refractivity (Wildman–Crippen MR) is 77.0 cm³/mol. The van der Waals surface area contributed by atoms with Crippen molar-refractivity contribution in [3.05, 3.63) is 0 Å². The molecule has 0 aromatic heterocycles. The van der Waals surface area contributed by atoms with E-state index < -0.39 is 23.6 Å². The Morgan fingerprint density at radius 1 is 1.43 bits per heavy atom. The molecule has 0 aromatic rings. The van der Waals surface area contributed by atoms with Crippen molar-refractivity contribution in [1.29, 1.82) is 0 Å². The van der Waals surface area contributed by atoms with E-state index in [4.69, 9.17) is 4.74 Å². The zero-order valence-corrected chi connectivity index (χ0v) is 13.0. The summed E-state index contributed by atoms with van der Waals surface area (Å²) in [5, 5.41) is 21.7. The Bertz CT molecular complexity index is 366. The van der Waals surface area contributed by atoms with E-state index in [0.717, 1.165) is 12.8 Å². The first-order valence-corrected chi connectivity index (χ1v) is 7.24. The molecule has 3 N–H and O–H groups in total. The highest BCUT2D eigenvalue weighted by atomic mass is 16.5. The Labute approximate surface area is 125 Å². The van der Waals surface area contributed by atoms with Gasteiger partial charge in [0.25, 0.3) is 0 Å². The van der Waals surface area contributed by atoms with Crippen molar-refractivity contribution in [2.75, 3.05) is 27.3 Å². The number of hydrogen-bond donors (Lipinski definition) is 3. The topological polar surface area (TPSA) is 99.1 Å². The summed E-state index contributed by atoms with van der Waals surface area (Å²) in [6, 6.07) is -0.484. The summed E-state index contributed by atoms with van der Waals surface area (Å²) < 4.78 is 4.80. The van der Waals surface area contributed by atoms with Crippen molar-refractivity contribution in [3.8, 4) is 0 Å².